The van der Waals surface area contributed by atoms with Crippen LogP contribution < -0.4 is 5.32 Å². The molecule has 2 rings (SSSR count). The number of hydrogen-bond acceptors (Lipinski definition) is 4. The van der Waals surface area contributed by atoms with Crippen LogP contribution in [0.15, 0.2) is 29.2 Å². The van der Waals surface area contributed by atoms with E-state index in [-0.39, 0.29) is 4.90 Å². The van der Waals surface area contributed by atoms with Crippen molar-refractivity contribution >= 4 is 27.3 Å². The molecule has 1 fully saturated rings. The summed E-state index contributed by atoms with van der Waals surface area (Å²) in [4.78, 5) is -0.343. The van der Waals surface area contributed by atoms with Crippen LogP contribution in [0.3, 0.4) is 0 Å². The fourth-order valence-electron chi connectivity index (χ4n) is 1.87. The normalized spacial score (nSPS) is 19.8. The lowest BCUT2D eigenvalue weighted by Crippen LogP contribution is -2.14. The number of halogens is 2. The Labute approximate surface area is 115 Å². The number of sulfone groups is 1. The summed E-state index contributed by atoms with van der Waals surface area (Å²) >= 11 is 1.92. The third kappa shape index (κ3) is 3.60. The van der Waals surface area contributed by atoms with Gasteiger partial charge in [-0.15, -0.1) is 0 Å². The molecule has 1 N–H and O–H groups in total. The molecule has 7 heteroatoms. The Morgan fingerprint density at radius 3 is 2.53 bits per heavy atom. The molecule has 0 amide bonds. The van der Waals surface area contributed by atoms with Gasteiger partial charge in [0.2, 0.25) is 9.84 Å². The van der Waals surface area contributed by atoms with Gasteiger partial charge in [0.05, 0.1) is 4.90 Å². The summed E-state index contributed by atoms with van der Waals surface area (Å²) in [6.45, 7) is 0.827. The topological polar surface area (TPSA) is 46.2 Å². The Balaban J connectivity index is 1.98. The first-order valence-corrected chi connectivity index (χ1v) is 8.64. The number of hydrogen-bond donors (Lipinski definition) is 1. The Morgan fingerprint density at radius 2 is 2.00 bits per heavy atom. The summed E-state index contributed by atoms with van der Waals surface area (Å²) in [7, 11) is -4.49. The minimum Gasteiger partial charge on any atom is -0.385 e. The van der Waals surface area contributed by atoms with Crippen molar-refractivity contribution in [1.29, 1.82) is 0 Å². The SMILES string of the molecule is O=S(=O)(c1ccc(NCC2CCSC2)cc1)C(F)F. The van der Waals surface area contributed by atoms with E-state index < -0.39 is 15.6 Å². The molecule has 3 nitrogen and oxygen atoms in total. The molecule has 1 saturated heterocycles. The van der Waals surface area contributed by atoms with Gasteiger partial charge in [-0.1, -0.05) is 0 Å². The van der Waals surface area contributed by atoms with E-state index in [1.807, 2.05) is 11.8 Å². The Morgan fingerprint density at radius 1 is 1.32 bits per heavy atom. The smallest absolute Gasteiger partial charge is 0.341 e. The summed E-state index contributed by atoms with van der Waals surface area (Å²) in [5, 5.41) is 3.20. The van der Waals surface area contributed by atoms with Gasteiger partial charge in [-0.25, -0.2) is 8.42 Å². The molecular formula is C12H15F2NO2S2. The standard InChI is InChI=1S/C12H15F2NO2S2/c13-12(14)19(16,17)11-3-1-10(2-4-11)15-7-9-5-6-18-8-9/h1-4,9,12,15H,5-8H2. The van der Waals surface area contributed by atoms with Crippen LogP contribution in [-0.2, 0) is 9.84 Å². The van der Waals surface area contributed by atoms with Gasteiger partial charge in [-0.2, -0.15) is 20.5 Å². The van der Waals surface area contributed by atoms with Crippen molar-refractivity contribution < 1.29 is 17.2 Å². The van der Waals surface area contributed by atoms with E-state index in [2.05, 4.69) is 5.32 Å². The van der Waals surface area contributed by atoms with Crippen molar-refractivity contribution in [3.8, 4) is 0 Å². The second-order valence-corrected chi connectivity index (χ2v) is 7.51. The molecule has 1 atom stereocenters. The van der Waals surface area contributed by atoms with Gasteiger partial charge in [-0.3, -0.25) is 0 Å². The third-order valence-corrected chi connectivity index (χ3v) is 5.67. The van der Waals surface area contributed by atoms with E-state index in [1.165, 1.54) is 36.4 Å². The zero-order valence-corrected chi connectivity index (χ0v) is 11.8. The lowest BCUT2D eigenvalue weighted by Gasteiger charge is -2.11. The molecule has 1 aromatic carbocycles. The highest BCUT2D eigenvalue weighted by Gasteiger charge is 2.26. The maximum absolute atomic E-state index is 12.3. The largest absolute Gasteiger partial charge is 0.385 e. The molecule has 1 aromatic rings. The molecule has 0 aliphatic carbocycles. The molecule has 1 unspecified atom stereocenters. The highest BCUT2D eigenvalue weighted by Crippen LogP contribution is 2.24. The first-order valence-electron chi connectivity index (χ1n) is 5.94. The second kappa shape index (κ2) is 6.09. The van der Waals surface area contributed by atoms with Crippen molar-refractivity contribution in [3.63, 3.8) is 0 Å². The molecular weight excluding hydrogens is 292 g/mol. The molecule has 0 aromatic heterocycles. The average molecular weight is 307 g/mol. The summed E-state index contributed by atoms with van der Waals surface area (Å²) in [5.41, 5.74) is 0.755. The van der Waals surface area contributed by atoms with Gasteiger partial charge in [0.25, 0.3) is 0 Å². The van der Waals surface area contributed by atoms with Crippen molar-refractivity contribution in [1.82, 2.24) is 0 Å². The molecule has 0 bridgehead atoms. The zero-order chi connectivity index (χ0) is 13.9. The molecule has 0 radical (unpaired) electrons. The highest BCUT2D eigenvalue weighted by molar-refractivity contribution is 7.99. The molecule has 1 heterocycles. The van der Waals surface area contributed by atoms with E-state index in [0.29, 0.717) is 5.92 Å². The number of alkyl halides is 2. The maximum Gasteiger partial charge on any atom is 0.341 e. The minimum absolute atomic E-state index is 0.343. The van der Waals surface area contributed by atoms with E-state index in [1.54, 1.807) is 0 Å². The van der Waals surface area contributed by atoms with Crippen LogP contribution in [0, 0.1) is 5.92 Å². The Hall–Kier alpha value is -0.820. The summed E-state index contributed by atoms with van der Waals surface area (Å²) in [6.07, 6.45) is 1.18. The van der Waals surface area contributed by atoms with E-state index >= 15 is 0 Å². The second-order valence-electron chi connectivity index (χ2n) is 4.44. The van der Waals surface area contributed by atoms with Crippen molar-refractivity contribution in [3.05, 3.63) is 24.3 Å². The van der Waals surface area contributed by atoms with Gasteiger partial charge in [-0.05, 0) is 48.1 Å². The molecule has 0 saturated carbocycles. The first kappa shape index (κ1) is 14.6. The summed E-state index contributed by atoms with van der Waals surface area (Å²) in [5.74, 6) is -0.445. The van der Waals surface area contributed by atoms with Crippen LogP contribution >= 0.6 is 11.8 Å². The highest BCUT2D eigenvalue weighted by atomic mass is 32.2. The molecule has 1 aliphatic heterocycles. The van der Waals surface area contributed by atoms with Gasteiger partial charge in [0, 0.05) is 12.2 Å². The molecule has 0 spiro atoms. The van der Waals surface area contributed by atoms with Crippen LogP contribution in [0.25, 0.3) is 0 Å². The number of nitrogens with one attached hydrogen (secondary N) is 1. The quantitative estimate of drug-likeness (QED) is 0.908. The van der Waals surface area contributed by atoms with Gasteiger partial charge in [0.1, 0.15) is 0 Å². The fourth-order valence-corrected chi connectivity index (χ4v) is 3.88. The van der Waals surface area contributed by atoms with Crippen LogP contribution in [0.4, 0.5) is 14.5 Å². The maximum atomic E-state index is 12.3. The fraction of sp³-hybridized carbons (Fsp3) is 0.500. The average Bonchev–Trinajstić information content (AvgIpc) is 2.90. The molecule has 106 valence electrons. The number of thioether (sulfide) groups is 1. The van der Waals surface area contributed by atoms with Crippen LogP contribution in [0.2, 0.25) is 0 Å². The number of anilines is 1. The summed E-state index contributed by atoms with van der Waals surface area (Å²) < 4.78 is 47.2. The van der Waals surface area contributed by atoms with Crippen LogP contribution in [0.5, 0.6) is 0 Å². The molecule has 19 heavy (non-hydrogen) atoms. The Bertz CT molecular complexity index is 511. The third-order valence-electron chi connectivity index (χ3n) is 3.04. The lowest BCUT2D eigenvalue weighted by atomic mass is 10.1. The predicted molar refractivity (Wildman–Crippen MR) is 73.6 cm³/mol. The molecule has 1 aliphatic rings. The Kier molecular flexibility index (Phi) is 4.67. The zero-order valence-electron chi connectivity index (χ0n) is 10.2. The van der Waals surface area contributed by atoms with Crippen LogP contribution in [0.1, 0.15) is 6.42 Å². The summed E-state index contributed by atoms with van der Waals surface area (Å²) in [6, 6.07) is 5.48. The first-order chi connectivity index (χ1) is 9.00. The van der Waals surface area contributed by atoms with Gasteiger partial charge >= 0.3 is 5.76 Å². The van der Waals surface area contributed by atoms with Gasteiger partial charge in [0.15, 0.2) is 0 Å². The van der Waals surface area contributed by atoms with Crippen LogP contribution in [-0.4, -0.2) is 32.2 Å². The van der Waals surface area contributed by atoms with E-state index in [0.717, 1.165) is 18.0 Å². The minimum atomic E-state index is -4.49. The number of benzene rings is 1. The monoisotopic (exact) mass is 307 g/mol. The van der Waals surface area contributed by atoms with Gasteiger partial charge < -0.3 is 5.32 Å². The predicted octanol–water partition coefficient (Wildman–Crippen LogP) is 2.85. The van der Waals surface area contributed by atoms with E-state index in [9.17, 15) is 17.2 Å². The number of rotatable bonds is 5. The van der Waals surface area contributed by atoms with Crippen molar-refractivity contribution in [2.45, 2.75) is 17.1 Å². The van der Waals surface area contributed by atoms with Crippen molar-refractivity contribution in [2.24, 2.45) is 5.92 Å². The van der Waals surface area contributed by atoms with Crippen molar-refractivity contribution in [2.75, 3.05) is 23.4 Å². The van der Waals surface area contributed by atoms with E-state index in [4.69, 9.17) is 0 Å². The lowest BCUT2D eigenvalue weighted by molar-refractivity contribution is 0.234.